The first kappa shape index (κ1) is 94.9. The first-order chi connectivity index (χ1) is 57.9. The van der Waals surface area contributed by atoms with Crippen molar-refractivity contribution in [2.75, 3.05) is 109 Å². The fourth-order valence-electron chi connectivity index (χ4n) is 16.0. The van der Waals surface area contributed by atoms with Gasteiger partial charge in [0.2, 0.25) is 11.8 Å². The van der Waals surface area contributed by atoms with E-state index in [1.807, 2.05) is 114 Å². The number of phenols is 1. The van der Waals surface area contributed by atoms with E-state index in [0.29, 0.717) is 119 Å². The summed E-state index contributed by atoms with van der Waals surface area (Å²) in [6, 6.07) is 43.9. The van der Waals surface area contributed by atoms with Gasteiger partial charge >= 0.3 is 115 Å². The number of hydrogen-bond acceptors (Lipinski definition) is 23. The number of methoxy groups -OCH3 is 6. The molecule has 0 radical (unpaired) electrons. The predicted octanol–water partition coefficient (Wildman–Crippen LogP) is 6.92. The Kier molecular flexibility index (Phi) is 34.5. The molecule has 1 N–H and O–H groups in total. The molecular weight excluding hydrogens is 1730 g/mol. The Morgan fingerprint density at radius 1 is 0.443 bits per heavy atom. The summed E-state index contributed by atoms with van der Waals surface area (Å²) in [5.74, 6) is 0.700. The van der Waals surface area contributed by atoms with E-state index < -0.39 is 11.9 Å². The summed E-state index contributed by atoms with van der Waals surface area (Å²) in [4.78, 5) is 136. The van der Waals surface area contributed by atoms with Gasteiger partial charge in [0.1, 0.15) is 0 Å². The van der Waals surface area contributed by atoms with Crippen molar-refractivity contribution < 1.29 is 205 Å². The van der Waals surface area contributed by atoms with E-state index in [2.05, 4.69) is 43.3 Å². The summed E-state index contributed by atoms with van der Waals surface area (Å²) in [5.41, 5.74) is 11.4. The number of aliphatic imine (C=N–C) groups is 2. The summed E-state index contributed by atoms with van der Waals surface area (Å²) >= 11 is 2.39. The second-order valence-corrected chi connectivity index (χ2v) is 29.9. The van der Waals surface area contributed by atoms with Gasteiger partial charge < -0.3 is 78.9 Å². The number of halogens is 1. The van der Waals surface area contributed by atoms with Gasteiger partial charge in [-0.05, 0) is 127 Å². The maximum absolute atomic E-state index is 14.2. The number of phenolic OH excluding ortho intramolecular Hbond substituents is 1. The molecule has 0 unspecified atom stereocenters. The predicted molar refractivity (Wildman–Crippen MR) is 458 cm³/mol. The number of ether oxygens (including phenoxy) is 9. The number of benzene rings is 8. The van der Waals surface area contributed by atoms with Gasteiger partial charge in [0.05, 0.1) is 144 Å². The minimum absolute atomic E-state index is 0. The van der Waals surface area contributed by atoms with Gasteiger partial charge in [0.15, 0.2) is 46.0 Å². The van der Waals surface area contributed by atoms with E-state index in [-0.39, 0.29) is 234 Å². The standard InChI is InChI=1S/C44H44N4O9.C22H23IN2O3.C22H22N2O6.CH2O3.CH4.2K.H/c1-53-37-21-31-33(45-25-29-19-27-11-5-7-13-34(27)47(29)43(31)51)23-39(37)56-17-9-4-10-18-57-40-24-36-32(22-38(40)54-2)44(52)48-30(20-28-12-6-8-14-35(28)48)26-46(36)41(49)15-16-42(50)55-3;1-27-20-12-17-18(13-21(20)28-10-6-2-5-9-23)24-14-16-11-15-7-3-4-8-19(15)25(16)22(17)26;1-29-19-10-15-17(11-18(19)25)23(20(26)7-8-21(27)30-2)12-14-9-13-5-3-4-6-16(13)24(14)22(15)28;2-1-4-3;;;;/h5-8,11-14,21-25,29-30H,4,9-10,15-20,26H2,1-3H3;3-4,7-8,12-14,16H,2,5-6,9-11H2,1H3;3-6,10-11,14,25H,7-9,12H2,1-2H3;1,3H;1H4;;;/q;;;;;2*+1;-1/p-1/t29-,30-;16-;14-;;;;;/m000...../s1. The van der Waals surface area contributed by atoms with Gasteiger partial charge in [0.25, 0.3) is 30.1 Å². The largest absolute Gasteiger partial charge is 1.00 e. The van der Waals surface area contributed by atoms with Crippen molar-refractivity contribution in [2.24, 2.45) is 9.98 Å². The first-order valence-electron chi connectivity index (χ1n) is 39.1. The van der Waals surface area contributed by atoms with Gasteiger partial charge in [-0.3, -0.25) is 62.9 Å². The molecule has 0 aromatic heterocycles. The van der Waals surface area contributed by atoms with Gasteiger partial charge in [-0.25, -0.2) is 0 Å². The molecule has 0 fully saturated rings. The van der Waals surface area contributed by atoms with Crippen LogP contribution in [-0.4, -0.2) is 176 Å². The monoisotopic (exact) mass is 1830 g/mol. The number of para-hydroxylation sites is 4. The molecule has 0 bridgehead atoms. The third kappa shape index (κ3) is 20.9. The van der Waals surface area contributed by atoms with Gasteiger partial charge in [-0.1, -0.05) is 103 Å². The van der Waals surface area contributed by atoms with Crippen molar-refractivity contribution in [3.63, 3.8) is 0 Å². The SMILES string of the molecule is C.COC(=O)CCC(=O)N1C[C@@H]2Cc3ccccc3N2C(=O)c2cc(OC)c(O)cc21.COC(=O)CCC(=O)N1C[C@@H]2Cc3ccccc3N2C(=O)c2cc(OC)c(OCCCCCOc3cc4c(cc3OC)C(=O)N3c5ccccc5C[C@H]3C=N4)cc21.COc1cc2c(cc1OCCCCCI)N=C[C@@H]1Cc3ccccc3N1C2=O.O=CO[O-].[H-].[K+].[K+]. The number of aromatic hydroxyl groups is 1. The Bertz CT molecular complexity index is 5270. The van der Waals surface area contributed by atoms with Crippen molar-refractivity contribution in [2.45, 2.75) is 121 Å². The zero-order chi connectivity index (χ0) is 84.0. The third-order valence-corrected chi connectivity index (χ3v) is 22.5. The molecule has 8 heterocycles. The number of carbonyl (C=O) groups excluding carboxylic acids is 9. The molecule has 0 spiro atoms. The molecule has 0 aliphatic carbocycles. The second-order valence-electron chi connectivity index (χ2n) is 28.8. The molecule has 8 aliphatic rings. The zero-order valence-electron chi connectivity index (χ0n) is 69.6. The van der Waals surface area contributed by atoms with Crippen LogP contribution in [0.25, 0.3) is 0 Å². The third-order valence-electron chi connectivity index (χ3n) is 21.8. The fraction of sp³-hybridized carbons (Fsp3) is 0.344. The number of anilines is 6. The fourth-order valence-corrected chi connectivity index (χ4v) is 16.6. The van der Waals surface area contributed by atoms with E-state index in [0.717, 1.165) is 76.0 Å². The van der Waals surface area contributed by atoms with Crippen LogP contribution in [0.5, 0.6) is 46.0 Å². The number of carbonyl (C=O) groups is 9. The molecule has 8 aliphatic heterocycles. The van der Waals surface area contributed by atoms with Crippen LogP contribution >= 0.6 is 22.6 Å². The average Bonchev–Trinajstić information content (AvgIpc) is 1.62. The number of nitrogens with zero attached hydrogens (tertiary/aromatic N) is 8. The van der Waals surface area contributed by atoms with Crippen LogP contribution < -0.4 is 171 Å². The van der Waals surface area contributed by atoms with Crippen molar-refractivity contribution in [3.8, 4) is 46.0 Å². The molecule has 122 heavy (non-hydrogen) atoms. The van der Waals surface area contributed by atoms with Gasteiger partial charge in [0, 0.05) is 98.2 Å². The Labute approximate surface area is 807 Å². The van der Waals surface area contributed by atoms with E-state index in [9.17, 15) is 43.5 Å². The van der Waals surface area contributed by atoms with Gasteiger partial charge in [-0.2, -0.15) is 0 Å². The smallest absolute Gasteiger partial charge is 1.00 e. The molecule has 4 atom stereocenters. The topological polar surface area (TPSA) is 333 Å². The van der Waals surface area contributed by atoms with Crippen LogP contribution in [0.3, 0.4) is 0 Å². The molecular formula is C90H95IK2N8O21. The van der Waals surface area contributed by atoms with Crippen molar-refractivity contribution in [1.82, 2.24) is 0 Å². The molecule has 8 aromatic rings. The minimum atomic E-state index is -0.484. The Morgan fingerprint density at radius 2 is 0.779 bits per heavy atom. The maximum Gasteiger partial charge on any atom is 1.00 e. The van der Waals surface area contributed by atoms with Crippen LogP contribution in [0, 0.1) is 0 Å². The molecule has 32 heteroatoms. The maximum atomic E-state index is 14.2. The molecule has 630 valence electrons. The summed E-state index contributed by atoms with van der Waals surface area (Å²) in [5, 5.41) is 18.7. The number of hydrogen-bond donors (Lipinski definition) is 1. The molecule has 0 saturated carbocycles. The van der Waals surface area contributed by atoms with Crippen LogP contribution in [0.4, 0.5) is 45.5 Å². The van der Waals surface area contributed by atoms with Crippen molar-refractivity contribution in [1.29, 1.82) is 0 Å². The Hall–Kier alpha value is -9.31. The molecule has 16 rings (SSSR count). The number of rotatable bonds is 25. The summed E-state index contributed by atoms with van der Waals surface area (Å²) in [7, 11) is 8.62. The first-order valence-corrected chi connectivity index (χ1v) is 40.6. The Balaban J connectivity index is 0.000000220. The number of amides is 6. The number of esters is 2. The summed E-state index contributed by atoms with van der Waals surface area (Å²) < 4.78 is 50.9. The van der Waals surface area contributed by atoms with E-state index in [1.54, 1.807) is 64.2 Å². The molecule has 6 amide bonds. The number of unbranched alkanes of at least 4 members (excludes halogenated alkanes) is 4. The summed E-state index contributed by atoms with van der Waals surface area (Å²) in [6.45, 7) is 1.71. The van der Waals surface area contributed by atoms with Crippen molar-refractivity contribution >= 4 is 134 Å². The second kappa shape index (κ2) is 44.3. The number of alkyl halides is 1. The quantitative estimate of drug-likeness (QED) is 0.00886. The van der Waals surface area contributed by atoms with Crippen LogP contribution in [-0.2, 0) is 64.0 Å². The van der Waals surface area contributed by atoms with Crippen LogP contribution in [0.15, 0.2) is 156 Å². The van der Waals surface area contributed by atoms with E-state index in [1.165, 1.54) is 57.5 Å². The molecule has 8 aromatic carbocycles. The van der Waals surface area contributed by atoms with Crippen molar-refractivity contribution in [3.05, 3.63) is 190 Å². The zero-order valence-corrected chi connectivity index (χ0v) is 77.0. The minimum Gasteiger partial charge on any atom is -1.00 e. The average molecular weight is 1830 g/mol. The van der Waals surface area contributed by atoms with E-state index in [4.69, 9.17) is 52.9 Å². The normalized spacial score (nSPS) is 16.4. The van der Waals surface area contributed by atoms with Crippen LogP contribution in [0.1, 0.15) is 137 Å². The number of fused-ring (bicyclic) bond motifs is 16. The van der Waals surface area contributed by atoms with Gasteiger partial charge in [-0.15, -0.1) is 0 Å². The molecule has 0 saturated heterocycles. The van der Waals surface area contributed by atoms with E-state index >= 15 is 0 Å². The summed E-state index contributed by atoms with van der Waals surface area (Å²) in [6.07, 6.45) is 11.7. The Morgan fingerprint density at radius 3 is 1.16 bits per heavy atom. The molecule has 29 nitrogen and oxygen atoms in total. The van der Waals surface area contributed by atoms with Crippen LogP contribution in [0.2, 0.25) is 0 Å².